The number of benzene rings is 1. The Morgan fingerprint density at radius 3 is 2.67 bits per heavy atom. The summed E-state index contributed by atoms with van der Waals surface area (Å²) in [4.78, 5) is 11.6. The molecule has 1 atom stereocenters. The third-order valence-electron chi connectivity index (χ3n) is 2.10. The van der Waals surface area contributed by atoms with Gasteiger partial charge in [0, 0.05) is 5.02 Å². The number of nitrogens with one attached hydrogen (secondary N) is 1. The predicted molar refractivity (Wildman–Crippen MR) is 69.5 cm³/mol. The van der Waals surface area contributed by atoms with Crippen molar-refractivity contribution in [2.24, 2.45) is 0 Å². The van der Waals surface area contributed by atoms with Gasteiger partial charge in [-0.25, -0.2) is 9.18 Å². The normalized spacial score (nSPS) is 12.9. The first kappa shape index (κ1) is 14.8. The maximum Gasteiger partial charge on any atom is 0.408 e. The third-order valence-corrected chi connectivity index (χ3v) is 2.33. The third kappa shape index (κ3) is 4.92. The summed E-state index contributed by atoms with van der Waals surface area (Å²) < 4.78 is 18.0. The van der Waals surface area contributed by atoms with Gasteiger partial charge in [-0.1, -0.05) is 23.7 Å². The van der Waals surface area contributed by atoms with E-state index < -0.39 is 24.4 Å². The first-order valence-corrected chi connectivity index (χ1v) is 6.00. The van der Waals surface area contributed by atoms with Crippen molar-refractivity contribution in [3.63, 3.8) is 0 Å². The zero-order valence-corrected chi connectivity index (χ0v) is 11.4. The van der Waals surface area contributed by atoms with Gasteiger partial charge in [0.2, 0.25) is 0 Å². The number of alkyl halides is 1. The number of carbonyl (C=O) groups excluding carboxylic acids is 1. The quantitative estimate of drug-likeness (QED) is 0.908. The Kier molecular flexibility index (Phi) is 4.96. The Morgan fingerprint density at radius 2 is 2.17 bits per heavy atom. The van der Waals surface area contributed by atoms with E-state index in [2.05, 4.69) is 5.32 Å². The van der Waals surface area contributed by atoms with Crippen molar-refractivity contribution in [1.29, 1.82) is 0 Å². The summed E-state index contributed by atoms with van der Waals surface area (Å²) in [6.07, 6.45) is -0.648. The second-order valence-corrected chi connectivity index (χ2v) is 5.34. The molecular formula is C13H17ClFNO2. The molecule has 0 aliphatic rings. The number of hydrogen-bond donors (Lipinski definition) is 1. The molecule has 1 aromatic carbocycles. The van der Waals surface area contributed by atoms with Crippen LogP contribution in [0.2, 0.25) is 5.02 Å². The van der Waals surface area contributed by atoms with E-state index in [1.54, 1.807) is 45.0 Å². The van der Waals surface area contributed by atoms with Crippen LogP contribution in [-0.2, 0) is 4.74 Å². The van der Waals surface area contributed by atoms with Crippen LogP contribution in [0, 0.1) is 0 Å². The molecule has 0 saturated heterocycles. The fourth-order valence-electron chi connectivity index (χ4n) is 1.38. The molecule has 1 aromatic rings. The molecule has 100 valence electrons. The summed E-state index contributed by atoms with van der Waals surface area (Å²) in [6, 6.07) is 5.96. The molecule has 0 fully saturated rings. The lowest BCUT2D eigenvalue weighted by Gasteiger charge is -2.22. The fraction of sp³-hybridized carbons (Fsp3) is 0.462. The Hall–Kier alpha value is -1.29. The van der Waals surface area contributed by atoms with Crippen molar-refractivity contribution < 1.29 is 13.9 Å². The van der Waals surface area contributed by atoms with Gasteiger partial charge in [0.25, 0.3) is 0 Å². The zero-order chi connectivity index (χ0) is 13.8. The SMILES string of the molecule is CC(C)(C)OC(=O)NC(CF)c1cccc(Cl)c1. The molecule has 1 N–H and O–H groups in total. The van der Waals surface area contributed by atoms with Gasteiger partial charge in [0.15, 0.2) is 0 Å². The maximum absolute atomic E-state index is 13.0. The molecule has 0 radical (unpaired) electrons. The summed E-state index contributed by atoms with van der Waals surface area (Å²) in [5.41, 5.74) is -0.00455. The van der Waals surface area contributed by atoms with E-state index in [1.165, 1.54) is 0 Å². The average molecular weight is 274 g/mol. The minimum absolute atomic E-state index is 0.497. The van der Waals surface area contributed by atoms with Crippen LogP contribution in [0.25, 0.3) is 0 Å². The van der Waals surface area contributed by atoms with E-state index in [0.29, 0.717) is 10.6 Å². The first-order chi connectivity index (χ1) is 8.31. The number of rotatable bonds is 3. The van der Waals surface area contributed by atoms with Crippen LogP contribution in [-0.4, -0.2) is 18.4 Å². The number of ether oxygens (including phenoxy) is 1. The van der Waals surface area contributed by atoms with Crippen LogP contribution in [0.3, 0.4) is 0 Å². The molecule has 0 aliphatic heterocycles. The lowest BCUT2D eigenvalue weighted by molar-refractivity contribution is 0.0495. The largest absolute Gasteiger partial charge is 0.444 e. The average Bonchev–Trinajstić information content (AvgIpc) is 2.23. The second kappa shape index (κ2) is 6.05. The van der Waals surface area contributed by atoms with Crippen LogP contribution in [0.1, 0.15) is 32.4 Å². The Bertz CT molecular complexity index is 418. The van der Waals surface area contributed by atoms with Gasteiger partial charge in [0.05, 0.1) is 6.04 Å². The highest BCUT2D eigenvalue weighted by atomic mass is 35.5. The molecule has 1 rings (SSSR count). The lowest BCUT2D eigenvalue weighted by atomic mass is 10.1. The molecule has 18 heavy (non-hydrogen) atoms. The van der Waals surface area contributed by atoms with Crippen molar-refractivity contribution in [1.82, 2.24) is 5.32 Å². The van der Waals surface area contributed by atoms with E-state index in [4.69, 9.17) is 16.3 Å². The molecule has 3 nitrogen and oxygen atoms in total. The van der Waals surface area contributed by atoms with Gasteiger partial charge in [-0.15, -0.1) is 0 Å². The van der Waals surface area contributed by atoms with Gasteiger partial charge >= 0.3 is 6.09 Å². The highest BCUT2D eigenvalue weighted by Gasteiger charge is 2.20. The molecule has 5 heteroatoms. The molecule has 0 aliphatic carbocycles. The van der Waals surface area contributed by atoms with E-state index in [0.717, 1.165) is 0 Å². The Morgan fingerprint density at radius 1 is 1.50 bits per heavy atom. The number of hydrogen-bond acceptors (Lipinski definition) is 2. The van der Waals surface area contributed by atoms with E-state index in [-0.39, 0.29) is 0 Å². The van der Waals surface area contributed by atoms with Crippen LogP contribution < -0.4 is 5.32 Å². The van der Waals surface area contributed by atoms with Crippen LogP contribution in [0.4, 0.5) is 9.18 Å². The number of amides is 1. The molecule has 0 aromatic heterocycles. The first-order valence-electron chi connectivity index (χ1n) is 5.63. The summed E-state index contributed by atoms with van der Waals surface area (Å²) in [5.74, 6) is 0. The lowest BCUT2D eigenvalue weighted by Crippen LogP contribution is -2.35. The van der Waals surface area contributed by atoms with Gasteiger partial charge < -0.3 is 10.1 Å². The maximum atomic E-state index is 13.0. The summed E-state index contributed by atoms with van der Waals surface area (Å²) in [7, 11) is 0. The van der Waals surface area contributed by atoms with Crippen molar-refractivity contribution in [2.45, 2.75) is 32.4 Å². The van der Waals surface area contributed by atoms with Gasteiger partial charge in [-0.3, -0.25) is 0 Å². The van der Waals surface area contributed by atoms with Crippen LogP contribution in [0.15, 0.2) is 24.3 Å². The predicted octanol–water partition coefficient (Wildman–Crippen LogP) is 3.88. The van der Waals surface area contributed by atoms with E-state index in [9.17, 15) is 9.18 Å². The second-order valence-electron chi connectivity index (χ2n) is 4.91. The number of halogens is 2. The Labute approximate surface area is 111 Å². The Balaban J connectivity index is 2.71. The number of alkyl carbamates (subject to hydrolysis) is 1. The van der Waals surface area contributed by atoms with Gasteiger partial charge in [-0.05, 0) is 38.5 Å². The smallest absolute Gasteiger partial charge is 0.408 e. The van der Waals surface area contributed by atoms with Crippen LogP contribution >= 0.6 is 11.6 Å². The molecular weight excluding hydrogens is 257 g/mol. The minimum atomic E-state index is -0.751. The topological polar surface area (TPSA) is 38.3 Å². The summed E-state index contributed by atoms with van der Waals surface area (Å²) in [6.45, 7) is 4.52. The zero-order valence-electron chi connectivity index (χ0n) is 10.7. The number of carbonyl (C=O) groups is 1. The van der Waals surface area contributed by atoms with Gasteiger partial charge in [0.1, 0.15) is 12.3 Å². The monoisotopic (exact) mass is 273 g/mol. The van der Waals surface area contributed by atoms with Crippen molar-refractivity contribution in [2.75, 3.05) is 6.67 Å². The molecule has 0 saturated carbocycles. The molecule has 0 bridgehead atoms. The standard InChI is InChI=1S/C13H17ClFNO2/c1-13(2,3)18-12(17)16-11(8-15)9-5-4-6-10(14)7-9/h4-7,11H,8H2,1-3H3,(H,16,17). The summed E-state index contributed by atoms with van der Waals surface area (Å²) in [5, 5.41) is 2.97. The van der Waals surface area contributed by atoms with Crippen molar-refractivity contribution in [3.05, 3.63) is 34.9 Å². The highest BCUT2D eigenvalue weighted by Crippen LogP contribution is 2.19. The molecule has 0 spiro atoms. The van der Waals surface area contributed by atoms with E-state index in [1.807, 2.05) is 0 Å². The van der Waals surface area contributed by atoms with Crippen molar-refractivity contribution in [3.8, 4) is 0 Å². The molecule has 1 unspecified atom stereocenters. The molecule has 0 heterocycles. The highest BCUT2D eigenvalue weighted by molar-refractivity contribution is 6.30. The van der Waals surface area contributed by atoms with Gasteiger partial charge in [-0.2, -0.15) is 0 Å². The minimum Gasteiger partial charge on any atom is -0.444 e. The van der Waals surface area contributed by atoms with Crippen LogP contribution in [0.5, 0.6) is 0 Å². The fourth-order valence-corrected chi connectivity index (χ4v) is 1.58. The van der Waals surface area contributed by atoms with Crippen molar-refractivity contribution >= 4 is 17.7 Å². The molecule has 1 amide bonds. The summed E-state index contributed by atoms with van der Waals surface area (Å²) >= 11 is 5.82. The van der Waals surface area contributed by atoms with E-state index >= 15 is 0 Å².